The molecule has 0 heterocycles. The first-order valence-corrected chi connectivity index (χ1v) is 5.96. The van der Waals surface area contributed by atoms with Crippen LogP contribution < -0.4 is 0 Å². The number of ether oxygens (including phenoxy) is 2. The van der Waals surface area contributed by atoms with Crippen LogP contribution in [0.5, 0.6) is 0 Å². The molecule has 17 heavy (non-hydrogen) atoms. The van der Waals surface area contributed by atoms with Crippen molar-refractivity contribution in [1.82, 2.24) is 0 Å². The van der Waals surface area contributed by atoms with Crippen molar-refractivity contribution < 1.29 is 24.5 Å². The van der Waals surface area contributed by atoms with Crippen molar-refractivity contribution in [3.63, 3.8) is 0 Å². The van der Waals surface area contributed by atoms with Gasteiger partial charge in [0.1, 0.15) is 0 Å². The number of rotatable bonds is 5. The van der Waals surface area contributed by atoms with Gasteiger partial charge in [-0.2, -0.15) is 0 Å². The minimum atomic E-state index is -0.560. The van der Waals surface area contributed by atoms with Crippen LogP contribution in [0.15, 0.2) is 0 Å². The molecule has 0 aliphatic carbocycles. The summed E-state index contributed by atoms with van der Waals surface area (Å²) in [5.41, 5.74) is 0. The number of aliphatic hydroxyl groups excluding tert-OH is 2. The van der Waals surface area contributed by atoms with Crippen LogP contribution in [0, 0.1) is 0 Å². The van der Waals surface area contributed by atoms with E-state index in [-0.39, 0.29) is 12.6 Å². The largest absolute Gasteiger partial charge is 0.466 e. The Morgan fingerprint density at radius 1 is 1.24 bits per heavy atom. The minimum absolute atomic E-state index is 0.139. The lowest BCUT2D eigenvalue weighted by Gasteiger charge is -1.93. The summed E-state index contributed by atoms with van der Waals surface area (Å²) in [6.07, 6.45) is 0.342. The third-order valence-corrected chi connectivity index (χ3v) is 1.18. The van der Waals surface area contributed by atoms with Gasteiger partial charge < -0.3 is 19.7 Å². The molecule has 0 spiro atoms. The average Bonchev–Trinajstić information content (AvgIpc) is 2.29. The molecule has 0 aromatic rings. The van der Waals surface area contributed by atoms with E-state index in [1.54, 1.807) is 0 Å². The van der Waals surface area contributed by atoms with Crippen LogP contribution in [-0.4, -0.2) is 48.7 Å². The predicted molar refractivity (Wildman–Crippen MR) is 67.9 cm³/mol. The van der Waals surface area contributed by atoms with Gasteiger partial charge in [0.2, 0.25) is 0 Å². The summed E-state index contributed by atoms with van der Waals surface area (Å²) in [5, 5.41) is 16.0. The Balaban J connectivity index is -0.000000177. The normalized spacial score (nSPS) is 10.3. The Kier molecular flexibility index (Phi) is 26.4. The molecule has 0 saturated heterocycles. The lowest BCUT2D eigenvalue weighted by Crippen LogP contribution is -2.03. The van der Waals surface area contributed by atoms with E-state index in [0.717, 1.165) is 19.6 Å². The van der Waals surface area contributed by atoms with E-state index in [4.69, 9.17) is 14.9 Å². The zero-order valence-corrected chi connectivity index (χ0v) is 11.7. The number of hydrogen-bond donors (Lipinski definition) is 2. The zero-order valence-electron chi connectivity index (χ0n) is 11.7. The highest BCUT2D eigenvalue weighted by atomic mass is 16.5. The minimum Gasteiger partial charge on any atom is -0.466 e. The van der Waals surface area contributed by atoms with Gasteiger partial charge in [-0.15, -0.1) is 0 Å². The molecule has 0 aliphatic heterocycles. The molecule has 1 atom stereocenters. The maximum absolute atomic E-state index is 9.98. The highest BCUT2D eigenvalue weighted by molar-refractivity contribution is 5.65. The van der Waals surface area contributed by atoms with Crippen LogP contribution in [0.3, 0.4) is 0 Å². The van der Waals surface area contributed by atoms with Crippen LogP contribution in [0.25, 0.3) is 0 Å². The Hall–Kier alpha value is -0.650. The predicted octanol–water partition coefficient (Wildman–Crippen LogP) is 1.36. The second kappa shape index (κ2) is 20.7. The van der Waals surface area contributed by atoms with E-state index in [0.29, 0.717) is 6.61 Å². The van der Waals surface area contributed by atoms with Crippen molar-refractivity contribution in [2.24, 2.45) is 0 Å². The second-order valence-electron chi connectivity index (χ2n) is 3.15. The molecule has 0 aromatic carbocycles. The zero-order chi connectivity index (χ0) is 14.1. The third-order valence-electron chi connectivity index (χ3n) is 1.18. The first-order valence-electron chi connectivity index (χ1n) is 5.96. The number of hydrogen-bond acceptors (Lipinski definition) is 5. The molecule has 0 aliphatic rings. The standard InChI is InChI=1S/C5H10O2.C4H10O.C3H8O2/c1-3-4-7-5(2)6;1-3-5-4-2;1-3(5)2-4/h3-4H2,1-2H3;3-4H2,1-2H3;3-5H,2H2,1H3. The Labute approximate surface area is 105 Å². The maximum atomic E-state index is 9.98. The summed E-state index contributed by atoms with van der Waals surface area (Å²) >= 11 is 0. The van der Waals surface area contributed by atoms with Crippen LogP contribution in [0.1, 0.15) is 41.0 Å². The van der Waals surface area contributed by atoms with E-state index >= 15 is 0 Å². The summed E-state index contributed by atoms with van der Waals surface area (Å²) in [5.74, 6) is -0.193. The second-order valence-corrected chi connectivity index (χ2v) is 3.15. The summed E-state index contributed by atoms with van der Waals surface area (Å²) < 4.78 is 9.39. The number of carbonyl (C=O) groups excluding carboxylic acids is 1. The van der Waals surface area contributed by atoms with Crippen LogP contribution >= 0.6 is 0 Å². The first kappa shape index (κ1) is 21.6. The molecule has 5 nitrogen and oxygen atoms in total. The third kappa shape index (κ3) is 50.6. The maximum Gasteiger partial charge on any atom is 0.302 e. The number of esters is 1. The first-order chi connectivity index (χ1) is 7.95. The van der Waals surface area contributed by atoms with Crippen molar-refractivity contribution in [2.45, 2.75) is 47.1 Å². The van der Waals surface area contributed by atoms with Crippen molar-refractivity contribution in [1.29, 1.82) is 0 Å². The van der Waals surface area contributed by atoms with E-state index < -0.39 is 6.10 Å². The summed E-state index contributed by atoms with van der Waals surface area (Å²) in [6.45, 7) is 11.0. The Bertz CT molecular complexity index is 135. The van der Waals surface area contributed by atoms with Crippen LogP contribution in [-0.2, 0) is 14.3 Å². The van der Waals surface area contributed by atoms with E-state index in [2.05, 4.69) is 4.74 Å². The Morgan fingerprint density at radius 3 is 1.71 bits per heavy atom. The summed E-state index contributed by atoms with van der Waals surface area (Å²) in [6, 6.07) is 0. The van der Waals surface area contributed by atoms with Crippen molar-refractivity contribution in [3.05, 3.63) is 0 Å². The SMILES string of the molecule is CC(O)CO.CCCOC(C)=O.CCOCC. The molecule has 106 valence electrons. The molecule has 0 bridgehead atoms. The molecule has 5 heteroatoms. The molecule has 2 N–H and O–H groups in total. The van der Waals surface area contributed by atoms with E-state index in [1.165, 1.54) is 13.8 Å². The molecule has 0 amide bonds. The molecule has 0 saturated carbocycles. The number of carbonyl (C=O) groups is 1. The lowest BCUT2D eigenvalue weighted by atomic mass is 10.5. The molecule has 0 rings (SSSR count). The fourth-order valence-electron chi connectivity index (χ4n) is 0.450. The van der Waals surface area contributed by atoms with Gasteiger partial charge in [-0.1, -0.05) is 6.92 Å². The molecular formula is C12H28O5. The van der Waals surface area contributed by atoms with Crippen LogP contribution in [0.2, 0.25) is 0 Å². The quantitative estimate of drug-likeness (QED) is 0.723. The molecular weight excluding hydrogens is 224 g/mol. The highest BCUT2D eigenvalue weighted by Gasteiger charge is 1.85. The summed E-state index contributed by atoms with van der Waals surface area (Å²) in [7, 11) is 0. The van der Waals surface area contributed by atoms with Crippen LogP contribution in [0.4, 0.5) is 0 Å². The monoisotopic (exact) mass is 252 g/mol. The topological polar surface area (TPSA) is 76.0 Å². The molecule has 1 unspecified atom stereocenters. The average molecular weight is 252 g/mol. The van der Waals surface area contributed by atoms with Crippen molar-refractivity contribution in [2.75, 3.05) is 26.4 Å². The van der Waals surface area contributed by atoms with E-state index in [9.17, 15) is 4.79 Å². The molecule has 0 fully saturated rings. The fourth-order valence-corrected chi connectivity index (χ4v) is 0.450. The smallest absolute Gasteiger partial charge is 0.302 e. The number of aliphatic hydroxyl groups is 2. The van der Waals surface area contributed by atoms with Gasteiger partial charge in [-0.3, -0.25) is 4.79 Å². The van der Waals surface area contributed by atoms with Gasteiger partial charge in [0.25, 0.3) is 0 Å². The molecule has 0 radical (unpaired) electrons. The fraction of sp³-hybridized carbons (Fsp3) is 0.917. The van der Waals surface area contributed by atoms with Gasteiger partial charge in [0, 0.05) is 20.1 Å². The van der Waals surface area contributed by atoms with Crippen molar-refractivity contribution in [3.8, 4) is 0 Å². The van der Waals surface area contributed by atoms with Crippen molar-refractivity contribution >= 4 is 5.97 Å². The lowest BCUT2D eigenvalue weighted by molar-refractivity contribution is -0.140. The van der Waals surface area contributed by atoms with Gasteiger partial charge in [-0.25, -0.2) is 0 Å². The molecule has 0 aromatic heterocycles. The Morgan fingerprint density at radius 2 is 1.65 bits per heavy atom. The van der Waals surface area contributed by atoms with Gasteiger partial charge >= 0.3 is 5.97 Å². The van der Waals surface area contributed by atoms with Gasteiger partial charge in [0.15, 0.2) is 0 Å². The summed E-state index contributed by atoms with van der Waals surface area (Å²) in [4.78, 5) is 9.98. The van der Waals surface area contributed by atoms with E-state index in [1.807, 2.05) is 20.8 Å². The van der Waals surface area contributed by atoms with Gasteiger partial charge in [0.05, 0.1) is 19.3 Å². The highest BCUT2D eigenvalue weighted by Crippen LogP contribution is 1.78. The van der Waals surface area contributed by atoms with Gasteiger partial charge in [-0.05, 0) is 27.2 Å².